The highest BCUT2D eigenvalue weighted by atomic mass is 16.7. The Balaban J connectivity index is 1.91. The van der Waals surface area contributed by atoms with Crippen molar-refractivity contribution in [3.63, 3.8) is 0 Å². The van der Waals surface area contributed by atoms with E-state index in [1.54, 1.807) is 0 Å². The zero-order valence-electron chi connectivity index (χ0n) is 9.97. The molecule has 4 rings (SSSR count). The summed E-state index contributed by atoms with van der Waals surface area (Å²) in [5.41, 5.74) is 1.80. The highest BCUT2D eigenvalue weighted by Crippen LogP contribution is 2.38. The number of hydrogen-bond donors (Lipinski definition) is 1. The minimum absolute atomic E-state index is 0.0403. The van der Waals surface area contributed by atoms with Crippen LogP contribution in [0.2, 0.25) is 0 Å². The molecule has 17 heavy (non-hydrogen) atoms. The van der Waals surface area contributed by atoms with E-state index >= 15 is 0 Å². The van der Waals surface area contributed by atoms with Gasteiger partial charge >= 0.3 is 0 Å². The van der Waals surface area contributed by atoms with Gasteiger partial charge in [-0.25, -0.2) is 5.06 Å². The SMILES string of the molecule is Cc1ccc(N2O[C@@]3(CO)C=C[C@@H]2CC3)cc1. The molecule has 3 nitrogen and oxygen atoms in total. The number of fused-ring (bicyclic) bond motifs is 2. The first-order valence-electron chi connectivity index (χ1n) is 6.08. The summed E-state index contributed by atoms with van der Waals surface area (Å²) >= 11 is 0. The zero-order chi connectivity index (χ0) is 11.9. The number of aliphatic hydroxyl groups excluding tert-OH is 1. The van der Waals surface area contributed by atoms with E-state index in [9.17, 15) is 5.11 Å². The molecule has 0 radical (unpaired) electrons. The van der Waals surface area contributed by atoms with Crippen LogP contribution in [0.5, 0.6) is 0 Å². The highest BCUT2D eigenvalue weighted by molar-refractivity contribution is 5.48. The van der Waals surface area contributed by atoms with Crippen LogP contribution in [0.1, 0.15) is 18.4 Å². The van der Waals surface area contributed by atoms with Gasteiger partial charge in [-0.15, -0.1) is 0 Å². The molecule has 1 aliphatic carbocycles. The Bertz CT molecular complexity index is 440. The van der Waals surface area contributed by atoms with E-state index in [0.29, 0.717) is 6.04 Å². The standard InChI is InChI=1S/C14H17NO2/c1-11-2-4-12(5-3-11)15-13-6-8-14(10-16,17-15)9-7-13/h2-6,8,13,16H,7,9-10H2,1H3/t13-,14+/m1/s1. The van der Waals surface area contributed by atoms with Gasteiger partial charge in [0.1, 0.15) is 5.60 Å². The summed E-state index contributed by atoms with van der Waals surface area (Å²) in [5, 5.41) is 11.4. The lowest BCUT2D eigenvalue weighted by atomic mass is 9.87. The van der Waals surface area contributed by atoms with Crippen molar-refractivity contribution in [3.05, 3.63) is 42.0 Å². The first kappa shape index (κ1) is 10.8. The Hall–Kier alpha value is -1.32. The monoisotopic (exact) mass is 231 g/mol. The molecule has 1 fully saturated rings. The number of nitrogens with zero attached hydrogens (tertiary/aromatic N) is 1. The Kier molecular flexibility index (Phi) is 2.45. The van der Waals surface area contributed by atoms with Gasteiger partial charge in [-0.2, -0.15) is 0 Å². The number of rotatable bonds is 2. The molecule has 0 spiro atoms. The molecule has 0 amide bonds. The number of hydrogen-bond acceptors (Lipinski definition) is 3. The molecule has 0 aromatic heterocycles. The first-order valence-corrected chi connectivity index (χ1v) is 6.08. The molecule has 2 aliphatic heterocycles. The topological polar surface area (TPSA) is 32.7 Å². The molecule has 2 atom stereocenters. The van der Waals surface area contributed by atoms with Crippen LogP contribution in [0.25, 0.3) is 0 Å². The predicted molar refractivity (Wildman–Crippen MR) is 66.7 cm³/mol. The van der Waals surface area contributed by atoms with Gasteiger partial charge in [0.25, 0.3) is 0 Å². The fourth-order valence-corrected chi connectivity index (χ4v) is 2.49. The fourth-order valence-electron chi connectivity index (χ4n) is 2.49. The van der Waals surface area contributed by atoms with Gasteiger partial charge in [-0.3, -0.25) is 4.84 Å². The van der Waals surface area contributed by atoms with Crippen LogP contribution in [-0.4, -0.2) is 23.4 Å². The van der Waals surface area contributed by atoms with E-state index in [-0.39, 0.29) is 6.61 Å². The average molecular weight is 231 g/mol. The van der Waals surface area contributed by atoms with Gasteiger partial charge in [0.05, 0.1) is 18.3 Å². The minimum Gasteiger partial charge on any atom is -0.393 e. The third-order valence-electron chi connectivity index (χ3n) is 3.62. The molecule has 90 valence electrons. The average Bonchev–Trinajstić information content (AvgIpc) is 2.41. The van der Waals surface area contributed by atoms with E-state index in [1.807, 2.05) is 11.1 Å². The van der Waals surface area contributed by atoms with Crippen LogP contribution >= 0.6 is 0 Å². The Morgan fingerprint density at radius 2 is 2.18 bits per heavy atom. The van der Waals surface area contributed by atoms with Gasteiger partial charge < -0.3 is 5.11 Å². The summed E-state index contributed by atoms with van der Waals surface area (Å²) in [6, 6.07) is 8.59. The minimum atomic E-state index is -0.500. The van der Waals surface area contributed by atoms with Crippen molar-refractivity contribution in [2.45, 2.75) is 31.4 Å². The maximum atomic E-state index is 9.47. The van der Waals surface area contributed by atoms with E-state index in [2.05, 4.69) is 37.3 Å². The molecule has 0 unspecified atom stereocenters. The third kappa shape index (κ3) is 1.75. The largest absolute Gasteiger partial charge is 0.393 e. The molecule has 0 saturated carbocycles. The van der Waals surface area contributed by atoms with Gasteiger partial charge in [-0.1, -0.05) is 23.8 Å². The normalized spacial score (nSPS) is 30.9. The lowest BCUT2D eigenvalue weighted by Gasteiger charge is -2.48. The second-order valence-electron chi connectivity index (χ2n) is 4.94. The third-order valence-corrected chi connectivity index (χ3v) is 3.62. The van der Waals surface area contributed by atoms with E-state index in [1.165, 1.54) is 5.56 Å². The van der Waals surface area contributed by atoms with Crippen molar-refractivity contribution in [3.8, 4) is 0 Å². The Labute approximate surface area is 101 Å². The molecule has 3 aliphatic rings. The molecule has 1 aromatic rings. The van der Waals surface area contributed by atoms with Crippen molar-refractivity contribution in [2.75, 3.05) is 11.7 Å². The van der Waals surface area contributed by atoms with Gasteiger partial charge in [0.2, 0.25) is 0 Å². The van der Waals surface area contributed by atoms with Gasteiger partial charge in [-0.05, 0) is 38.0 Å². The summed E-state index contributed by atoms with van der Waals surface area (Å²) < 4.78 is 0. The van der Waals surface area contributed by atoms with Gasteiger partial charge in [0, 0.05) is 0 Å². The summed E-state index contributed by atoms with van der Waals surface area (Å²) in [4.78, 5) is 5.94. The first-order chi connectivity index (χ1) is 8.22. The number of hydroxylamine groups is 1. The van der Waals surface area contributed by atoms with Crippen LogP contribution in [0.3, 0.4) is 0 Å². The lowest BCUT2D eigenvalue weighted by molar-refractivity contribution is -0.104. The van der Waals surface area contributed by atoms with Crippen LogP contribution < -0.4 is 5.06 Å². The van der Waals surface area contributed by atoms with Crippen molar-refractivity contribution >= 4 is 5.69 Å². The predicted octanol–water partition coefficient (Wildman–Crippen LogP) is 2.20. The molecule has 1 aromatic carbocycles. The van der Waals surface area contributed by atoms with Crippen LogP contribution in [-0.2, 0) is 4.84 Å². The zero-order valence-corrected chi connectivity index (χ0v) is 9.97. The molecule has 2 bridgehead atoms. The number of aliphatic hydroxyl groups is 1. The molecular weight excluding hydrogens is 214 g/mol. The van der Waals surface area contributed by atoms with Crippen molar-refractivity contribution < 1.29 is 9.94 Å². The van der Waals surface area contributed by atoms with E-state index < -0.39 is 5.60 Å². The second kappa shape index (κ2) is 3.86. The number of benzene rings is 1. The summed E-state index contributed by atoms with van der Waals surface area (Å²) in [6.07, 6.45) is 6.08. The lowest BCUT2D eigenvalue weighted by Crippen LogP contribution is -2.54. The van der Waals surface area contributed by atoms with Gasteiger partial charge in [0.15, 0.2) is 0 Å². The Morgan fingerprint density at radius 1 is 1.41 bits per heavy atom. The molecular formula is C14H17NO2. The molecule has 3 heteroatoms. The smallest absolute Gasteiger partial charge is 0.137 e. The molecule has 1 N–H and O–H groups in total. The summed E-state index contributed by atoms with van der Waals surface area (Å²) in [6.45, 7) is 2.11. The maximum Gasteiger partial charge on any atom is 0.137 e. The number of aryl methyl sites for hydroxylation is 1. The quantitative estimate of drug-likeness (QED) is 0.792. The van der Waals surface area contributed by atoms with Crippen LogP contribution in [0.15, 0.2) is 36.4 Å². The number of anilines is 1. The highest BCUT2D eigenvalue weighted by Gasteiger charge is 2.42. The van der Waals surface area contributed by atoms with Crippen molar-refractivity contribution in [2.24, 2.45) is 0 Å². The van der Waals surface area contributed by atoms with Crippen molar-refractivity contribution in [1.29, 1.82) is 0 Å². The van der Waals surface area contributed by atoms with Crippen LogP contribution in [0.4, 0.5) is 5.69 Å². The molecule has 2 heterocycles. The molecule has 1 saturated heterocycles. The van der Waals surface area contributed by atoms with Crippen LogP contribution in [0, 0.1) is 6.92 Å². The van der Waals surface area contributed by atoms with Crippen molar-refractivity contribution in [1.82, 2.24) is 0 Å². The van der Waals surface area contributed by atoms with E-state index in [0.717, 1.165) is 18.5 Å². The Morgan fingerprint density at radius 3 is 2.76 bits per heavy atom. The summed E-state index contributed by atoms with van der Waals surface area (Å²) in [5.74, 6) is 0. The summed E-state index contributed by atoms with van der Waals surface area (Å²) in [7, 11) is 0. The van der Waals surface area contributed by atoms with E-state index in [4.69, 9.17) is 4.84 Å². The second-order valence-corrected chi connectivity index (χ2v) is 4.94. The maximum absolute atomic E-state index is 9.47. The fraction of sp³-hybridized carbons (Fsp3) is 0.429.